The number of hydrogen-bond acceptors (Lipinski definition) is 5. The van der Waals surface area contributed by atoms with Crippen molar-refractivity contribution < 1.29 is 9.47 Å². The molecule has 2 atom stereocenters. The number of methoxy groups -OCH3 is 2. The number of ether oxygens (including phenoxy) is 2. The van der Waals surface area contributed by atoms with E-state index < -0.39 is 0 Å². The summed E-state index contributed by atoms with van der Waals surface area (Å²) in [4.78, 5) is 9.30. The lowest BCUT2D eigenvalue weighted by Crippen LogP contribution is -2.41. The van der Waals surface area contributed by atoms with Gasteiger partial charge in [0.25, 0.3) is 0 Å². The maximum atomic E-state index is 6.63. The summed E-state index contributed by atoms with van der Waals surface area (Å²) in [7, 11) is 3.23. The highest BCUT2D eigenvalue weighted by Crippen LogP contribution is 2.38. The van der Waals surface area contributed by atoms with Crippen LogP contribution in [0.2, 0.25) is 0 Å². The Morgan fingerprint density at radius 3 is 2.50 bits per heavy atom. The Morgan fingerprint density at radius 2 is 1.86 bits per heavy atom. The first-order valence-corrected chi connectivity index (χ1v) is 7.74. The normalized spacial score (nSPS) is 25.2. The largest absolute Gasteiger partial charge is 0.493 e. The molecule has 0 bridgehead atoms. The molecule has 0 radical (unpaired) electrons. The molecular formula is C17H23N3O2. The van der Waals surface area contributed by atoms with Crippen LogP contribution in [0.15, 0.2) is 18.3 Å². The standard InChI is InChI=1S/C17H23N3O2/c1-11-5-4-6-17(18,9-11)16-10-19-12-7-14(21-2)15(22-3)8-13(12)20-16/h7-8,10-11H,4-6,9,18H2,1-3H3/t11-,17-/m1/s1. The van der Waals surface area contributed by atoms with Crippen LogP contribution in [0.5, 0.6) is 11.5 Å². The molecule has 1 saturated carbocycles. The Bertz CT molecular complexity index is 689. The lowest BCUT2D eigenvalue weighted by atomic mass is 9.75. The SMILES string of the molecule is COc1cc2ncc([C@@]3(N)CCC[C@@H](C)C3)nc2cc1OC. The van der Waals surface area contributed by atoms with Crippen LogP contribution in [0.3, 0.4) is 0 Å². The summed E-state index contributed by atoms with van der Waals surface area (Å²) < 4.78 is 10.7. The smallest absolute Gasteiger partial charge is 0.163 e. The van der Waals surface area contributed by atoms with E-state index in [9.17, 15) is 0 Å². The Kier molecular flexibility index (Phi) is 3.91. The molecule has 1 aliphatic rings. The minimum Gasteiger partial charge on any atom is -0.493 e. The maximum absolute atomic E-state index is 6.63. The molecule has 0 aliphatic heterocycles. The molecule has 5 nitrogen and oxygen atoms in total. The van der Waals surface area contributed by atoms with Gasteiger partial charge in [-0.15, -0.1) is 0 Å². The number of benzene rings is 1. The first-order chi connectivity index (χ1) is 10.6. The summed E-state index contributed by atoms with van der Waals surface area (Å²) >= 11 is 0. The molecule has 0 unspecified atom stereocenters. The molecular weight excluding hydrogens is 278 g/mol. The second-order valence-electron chi connectivity index (χ2n) is 6.31. The van der Waals surface area contributed by atoms with Gasteiger partial charge in [-0.05, 0) is 18.8 Å². The summed E-state index contributed by atoms with van der Waals surface area (Å²) in [5.74, 6) is 1.94. The first kappa shape index (κ1) is 15.0. The second-order valence-corrected chi connectivity index (χ2v) is 6.31. The topological polar surface area (TPSA) is 70.3 Å². The Balaban J connectivity index is 2.05. The van der Waals surface area contributed by atoms with Gasteiger partial charge in [0.15, 0.2) is 11.5 Å². The predicted octanol–water partition coefficient (Wildman–Crippen LogP) is 3.01. The molecule has 1 fully saturated rings. The summed E-state index contributed by atoms with van der Waals surface area (Å²) in [5.41, 5.74) is 8.71. The highest BCUT2D eigenvalue weighted by Gasteiger charge is 2.34. The number of aromatic nitrogens is 2. The van der Waals surface area contributed by atoms with Crippen LogP contribution >= 0.6 is 0 Å². The van der Waals surface area contributed by atoms with Crippen molar-refractivity contribution in [3.8, 4) is 11.5 Å². The molecule has 2 aromatic rings. The molecule has 0 amide bonds. The van der Waals surface area contributed by atoms with Crippen molar-refractivity contribution in [2.24, 2.45) is 11.7 Å². The van der Waals surface area contributed by atoms with Crippen LogP contribution in [0.4, 0.5) is 0 Å². The van der Waals surface area contributed by atoms with Gasteiger partial charge in [0.05, 0.1) is 42.7 Å². The van der Waals surface area contributed by atoms with Crippen LogP contribution in [-0.4, -0.2) is 24.2 Å². The Hall–Kier alpha value is -1.88. The van der Waals surface area contributed by atoms with E-state index >= 15 is 0 Å². The lowest BCUT2D eigenvalue weighted by Gasteiger charge is -2.36. The summed E-state index contributed by atoms with van der Waals surface area (Å²) in [5, 5.41) is 0. The molecule has 1 heterocycles. The van der Waals surface area contributed by atoms with Crippen molar-refractivity contribution >= 4 is 11.0 Å². The number of nitrogens with two attached hydrogens (primary N) is 1. The number of hydrogen-bond donors (Lipinski definition) is 1. The molecule has 5 heteroatoms. The van der Waals surface area contributed by atoms with Crippen LogP contribution < -0.4 is 15.2 Å². The van der Waals surface area contributed by atoms with Crippen LogP contribution in [0, 0.1) is 5.92 Å². The molecule has 2 N–H and O–H groups in total. The van der Waals surface area contributed by atoms with Crippen molar-refractivity contribution in [2.75, 3.05) is 14.2 Å². The van der Waals surface area contributed by atoms with Crippen molar-refractivity contribution in [3.63, 3.8) is 0 Å². The number of fused-ring (bicyclic) bond motifs is 1. The van der Waals surface area contributed by atoms with Crippen molar-refractivity contribution in [1.29, 1.82) is 0 Å². The van der Waals surface area contributed by atoms with E-state index in [0.717, 1.165) is 36.0 Å². The zero-order valence-corrected chi connectivity index (χ0v) is 13.4. The van der Waals surface area contributed by atoms with E-state index in [1.54, 1.807) is 14.2 Å². The predicted molar refractivity (Wildman–Crippen MR) is 86.1 cm³/mol. The van der Waals surface area contributed by atoms with E-state index in [2.05, 4.69) is 11.9 Å². The highest BCUT2D eigenvalue weighted by molar-refractivity contribution is 5.79. The second kappa shape index (κ2) is 5.72. The van der Waals surface area contributed by atoms with E-state index in [1.165, 1.54) is 6.42 Å². The van der Waals surface area contributed by atoms with Gasteiger partial charge >= 0.3 is 0 Å². The van der Waals surface area contributed by atoms with E-state index in [4.69, 9.17) is 20.2 Å². The number of nitrogens with zero attached hydrogens (tertiary/aromatic N) is 2. The molecule has 3 rings (SSSR count). The fraction of sp³-hybridized carbons (Fsp3) is 0.529. The number of rotatable bonds is 3. The van der Waals surface area contributed by atoms with Gasteiger partial charge in [-0.3, -0.25) is 4.98 Å². The molecule has 1 aliphatic carbocycles. The van der Waals surface area contributed by atoms with E-state index in [-0.39, 0.29) is 5.54 Å². The minimum atomic E-state index is -0.369. The first-order valence-electron chi connectivity index (χ1n) is 7.74. The van der Waals surface area contributed by atoms with Crippen molar-refractivity contribution in [3.05, 3.63) is 24.0 Å². The third kappa shape index (κ3) is 2.61. The van der Waals surface area contributed by atoms with Gasteiger partial charge in [-0.25, -0.2) is 4.98 Å². The average Bonchev–Trinajstić information content (AvgIpc) is 2.52. The van der Waals surface area contributed by atoms with Gasteiger partial charge in [-0.1, -0.05) is 19.8 Å². The molecule has 22 heavy (non-hydrogen) atoms. The van der Waals surface area contributed by atoms with Crippen molar-refractivity contribution in [2.45, 2.75) is 38.1 Å². The monoisotopic (exact) mass is 301 g/mol. The lowest BCUT2D eigenvalue weighted by molar-refractivity contribution is 0.234. The zero-order chi connectivity index (χ0) is 15.7. The molecule has 0 spiro atoms. The molecule has 1 aromatic carbocycles. The van der Waals surface area contributed by atoms with E-state index in [1.807, 2.05) is 18.3 Å². The molecule has 0 saturated heterocycles. The van der Waals surface area contributed by atoms with Crippen LogP contribution in [0.1, 0.15) is 38.3 Å². The van der Waals surface area contributed by atoms with Gasteiger partial charge < -0.3 is 15.2 Å². The molecule has 1 aromatic heterocycles. The van der Waals surface area contributed by atoms with Gasteiger partial charge in [0, 0.05) is 12.1 Å². The summed E-state index contributed by atoms with van der Waals surface area (Å²) in [6.07, 6.45) is 6.12. The van der Waals surface area contributed by atoms with Gasteiger partial charge in [0.2, 0.25) is 0 Å². The third-order valence-corrected chi connectivity index (χ3v) is 4.59. The van der Waals surface area contributed by atoms with E-state index in [0.29, 0.717) is 17.4 Å². The maximum Gasteiger partial charge on any atom is 0.163 e. The quantitative estimate of drug-likeness (QED) is 0.943. The third-order valence-electron chi connectivity index (χ3n) is 4.59. The Labute approximate surface area is 130 Å². The summed E-state index contributed by atoms with van der Waals surface area (Å²) in [6, 6.07) is 3.71. The van der Waals surface area contributed by atoms with Crippen LogP contribution in [-0.2, 0) is 5.54 Å². The Morgan fingerprint density at radius 1 is 1.18 bits per heavy atom. The van der Waals surface area contributed by atoms with Crippen molar-refractivity contribution in [1.82, 2.24) is 9.97 Å². The van der Waals surface area contributed by atoms with Gasteiger partial charge in [0.1, 0.15) is 0 Å². The van der Waals surface area contributed by atoms with Crippen LogP contribution in [0.25, 0.3) is 11.0 Å². The fourth-order valence-corrected chi connectivity index (χ4v) is 3.40. The summed E-state index contributed by atoms with van der Waals surface area (Å²) in [6.45, 7) is 2.25. The fourth-order valence-electron chi connectivity index (χ4n) is 3.40. The average molecular weight is 301 g/mol. The minimum absolute atomic E-state index is 0.369. The molecule has 118 valence electrons. The highest BCUT2D eigenvalue weighted by atomic mass is 16.5. The van der Waals surface area contributed by atoms with Gasteiger partial charge in [-0.2, -0.15) is 0 Å². The zero-order valence-electron chi connectivity index (χ0n) is 13.4.